The summed E-state index contributed by atoms with van der Waals surface area (Å²) in [6, 6.07) is 15.3. The van der Waals surface area contributed by atoms with Crippen LogP contribution in [0.3, 0.4) is 0 Å². The van der Waals surface area contributed by atoms with E-state index in [1.165, 1.54) is 11.0 Å². The highest BCUT2D eigenvalue weighted by atomic mass is 79.9. The first-order valence-corrected chi connectivity index (χ1v) is 9.52. The van der Waals surface area contributed by atoms with E-state index in [1.807, 2.05) is 48.5 Å². The molecule has 0 aromatic heterocycles. The molecule has 0 radical (unpaired) electrons. The molecule has 2 aromatic rings. The van der Waals surface area contributed by atoms with Crippen LogP contribution in [0.25, 0.3) is 6.08 Å². The maximum Gasteiger partial charge on any atom is 0.293 e. The van der Waals surface area contributed by atoms with Gasteiger partial charge >= 0.3 is 0 Å². The second-order valence-electron chi connectivity index (χ2n) is 5.53. The van der Waals surface area contributed by atoms with E-state index in [9.17, 15) is 9.59 Å². The fraction of sp³-hybridized carbons (Fsp3) is 0.100. The van der Waals surface area contributed by atoms with Gasteiger partial charge in [0.05, 0.1) is 4.91 Å². The quantitative estimate of drug-likeness (QED) is 0.464. The Bertz CT molecular complexity index is 877. The summed E-state index contributed by atoms with van der Waals surface area (Å²) in [5.41, 5.74) is 1.79. The molecule has 1 saturated heterocycles. The van der Waals surface area contributed by atoms with Gasteiger partial charge in [0, 0.05) is 16.6 Å². The van der Waals surface area contributed by atoms with E-state index in [2.05, 4.69) is 22.5 Å². The summed E-state index contributed by atoms with van der Waals surface area (Å²) in [5, 5.41) is -0.283. The highest BCUT2D eigenvalue weighted by Crippen LogP contribution is 2.34. The average molecular weight is 430 g/mol. The molecule has 0 atom stereocenters. The fourth-order valence-corrected chi connectivity index (χ4v) is 3.50. The highest BCUT2D eigenvalue weighted by molar-refractivity contribution is 9.10. The second kappa shape index (κ2) is 8.38. The molecular formula is C20H16BrNO3S. The minimum atomic E-state index is -0.303. The predicted octanol–water partition coefficient (Wildman–Crippen LogP) is 5.25. The van der Waals surface area contributed by atoms with E-state index in [0.29, 0.717) is 17.3 Å². The Balaban J connectivity index is 1.79. The minimum absolute atomic E-state index is 0.212. The molecule has 2 aromatic carbocycles. The second-order valence-corrected chi connectivity index (χ2v) is 7.44. The maximum atomic E-state index is 12.4. The van der Waals surface area contributed by atoms with Crippen LogP contribution in [-0.2, 0) is 11.4 Å². The summed E-state index contributed by atoms with van der Waals surface area (Å²) in [4.78, 5) is 25.9. The largest absolute Gasteiger partial charge is 0.488 e. The number of ether oxygens (including phenoxy) is 1. The number of thioether (sulfide) groups is 1. The number of para-hydroxylation sites is 1. The number of rotatable bonds is 6. The number of imide groups is 1. The van der Waals surface area contributed by atoms with Crippen LogP contribution >= 0.6 is 27.7 Å². The van der Waals surface area contributed by atoms with E-state index in [-0.39, 0.29) is 17.7 Å². The van der Waals surface area contributed by atoms with Crippen LogP contribution in [0.15, 0.2) is 70.6 Å². The van der Waals surface area contributed by atoms with Crippen molar-refractivity contribution < 1.29 is 14.3 Å². The van der Waals surface area contributed by atoms with Crippen LogP contribution in [0.5, 0.6) is 5.75 Å². The Kier molecular flexibility index (Phi) is 5.96. The smallest absolute Gasteiger partial charge is 0.293 e. The molecule has 1 aliphatic heterocycles. The number of amides is 2. The third kappa shape index (κ3) is 4.26. The molecule has 0 aliphatic carbocycles. The number of hydrogen-bond donors (Lipinski definition) is 0. The van der Waals surface area contributed by atoms with Gasteiger partial charge in [-0.05, 0) is 41.6 Å². The molecule has 2 amide bonds. The van der Waals surface area contributed by atoms with Crippen molar-refractivity contribution in [2.75, 3.05) is 6.54 Å². The topological polar surface area (TPSA) is 46.6 Å². The Hall–Kier alpha value is -2.31. The van der Waals surface area contributed by atoms with Crippen LogP contribution in [-0.4, -0.2) is 22.6 Å². The van der Waals surface area contributed by atoms with Gasteiger partial charge in [0.1, 0.15) is 12.4 Å². The molecule has 26 heavy (non-hydrogen) atoms. The molecule has 0 N–H and O–H groups in total. The van der Waals surface area contributed by atoms with Gasteiger partial charge in [0.15, 0.2) is 0 Å². The Morgan fingerprint density at radius 1 is 1.12 bits per heavy atom. The molecule has 1 aliphatic rings. The maximum absolute atomic E-state index is 12.4. The lowest BCUT2D eigenvalue weighted by atomic mass is 10.1. The zero-order valence-corrected chi connectivity index (χ0v) is 16.3. The number of hydrogen-bond acceptors (Lipinski definition) is 4. The van der Waals surface area contributed by atoms with Gasteiger partial charge in [-0.15, -0.1) is 6.58 Å². The Morgan fingerprint density at radius 3 is 2.58 bits per heavy atom. The van der Waals surface area contributed by atoms with E-state index < -0.39 is 0 Å². The molecule has 4 nitrogen and oxygen atoms in total. The summed E-state index contributed by atoms with van der Waals surface area (Å²) in [5.74, 6) is 0.355. The SMILES string of the molecule is C=CCN1C(=O)S/C(=C/c2ccccc2OCc2ccc(Br)cc2)C1=O. The number of benzene rings is 2. The lowest BCUT2D eigenvalue weighted by Gasteiger charge is -2.10. The third-order valence-electron chi connectivity index (χ3n) is 3.70. The number of nitrogens with zero attached hydrogens (tertiary/aromatic N) is 1. The summed E-state index contributed by atoms with van der Waals surface area (Å²) < 4.78 is 6.93. The molecule has 0 unspecified atom stereocenters. The predicted molar refractivity (Wildman–Crippen MR) is 108 cm³/mol. The lowest BCUT2D eigenvalue weighted by Crippen LogP contribution is -2.27. The van der Waals surface area contributed by atoms with Crippen molar-refractivity contribution in [1.82, 2.24) is 4.90 Å². The fourth-order valence-electron chi connectivity index (χ4n) is 2.40. The first kappa shape index (κ1) is 18.5. The lowest BCUT2D eigenvalue weighted by molar-refractivity contribution is -0.122. The van der Waals surface area contributed by atoms with Gasteiger partial charge in [0.2, 0.25) is 0 Å². The van der Waals surface area contributed by atoms with Gasteiger partial charge in [-0.3, -0.25) is 14.5 Å². The van der Waals surface area contributed by atoms with E-state index >= 15 is 0 Å². The first-order chi connectivity index (χ1) is 12.6. The summed E-state index contributed by atoms with van der Waals surface area (Å²) in [6.07, 6.45) is 3.24. The molecule has 0 saturated carbocycles. The zero-order valence-electron chi connectivity index (χ0n) is 13.9. The Morgan fingerprint density at radius 2 is 1.85 bits per heavy atom. The van der Waals surface area contributed by atoms with Crippen molar-refractivity contribution in [3.8, 4) is 5.75 Å². The van der Waals surface area contributed by atoms with Crippen LogP contribution in [0.4, 0.5) is 4.79 Å². The van der Waals surface area contributed by atoms with Gasteiger partial charge in [0.25, 0.3) is 11.1 Å². The first-order valence-electron chi connectivity index (χ1n) is 7.91. The van der Waals surface area contributed by atoms with Crippen molar-refractivity contribution in [3.05, 3.63) is 81.7 Å². The molecule has 3 rings (SSSR count). The van der Waals surface area contributed by atoms with Crippen molar-refractivity contribution in [1.29, 1.82) is 0 Å². The summed E-state index contributed by atoms with van der Waals surface area (Å²) in [6.45, 7) is 4.20. The van der Waals surface area contributed by atoms with Crippen LogP contribution in [0.2, 0.25) is 0 Å². The van der Waals surface area contributed by atoms with Crippen molar-refractivity contribution in [2.24, 2.45) is 0 Å². The standard InChI is InChI=1S/C20H16BrNO3S/c1-2-11-22-19(23)18(26-20(22)24)12-15-5-3-4-6-17(15)25-13-14-7-9-16(21)10-8-14/h2-10,12H,1,11,13H2/b18-12+. The molecule has 1 fully saturated rings. The number of carbonyl (C=O) groups is 2. The third-order valence-corrected chi connectivity index (χ3v) is 5.13. The van der Waals surface area contributed by atoms with Crippen LogP contribution in [0.1, 0.15) is 11.1 Å². The average Bonchev–Trinajstić information content (AvgIpc) is 2.90. The van der Waals surface area contributed by atoms with Crippen molar-refractivity contribution in [3.63, 3.8) is 0 Å². The molecule has 0 spiro atoms. The molecule has 1 heterocycles. The molecule has 132 valence electrons. The van der Waals surface area contributed by atoms with Gasteiger partial charge in [-0.25, -0.2) is 0 Å². The minimum Gasteiger partial charge on any atom is -0.488 e. The van der Waals surface area contributed by atoms with Crippen molar-refractivity contribution in [2.45, 2.75) is 6.61 Å². The van der Waals surface area contributed by atoms with E-state index in [1.54, 1.807) is 6.08 Å². The van der Waals surface area contributed by atoms with Gasteiger partial charge in [-0.2, -0.15) is 0 Å². The van der Waals surface area contributed by atoms with Crippen LogP contribution < -0.4 is 4.74 Å². The monoisotopic (exact) mass is 429 g/mol. The zero-order chi connectivity index (χ0) is 18.5. The summed E-state index contributed by atoms with van der Waals surface area (Å²) >= 11 is 4.34. The van der Waals surface area contributed by atoms with Crippen molar-refractivity contribution >= 4 is 44.9 Å². The molecular weight excluding hydrogens is 414 g/mol. The number of carbonyl (C=O) groups excluding carboxylic acids is 2. The molecule has 6 heteroatoms. The van der Waals surface area contributed by atoms with Gasteiger partial charge < -0.3 is 4.74 Å². The van der Waals surface area contributed by atoms with E-state index in [0.717, 1.165) is 27.4 Å². The summed E-state index contributed by atoms with van der Waals surface area (Å²) in [7, 11) is 0. The molecule has 0 bridgehead atoms. The van der Waals surface area contributed by atoms with E-state index in [4.69, 9.17) is 4.74 Å². The van der Waals surface area contributed by atoms with Gasteiger partial charge in [-0.1, -0.05) is 52.3 Å². The number of halogens is 1. The van der Waals surface area contributed by atoms with Crippen LogP contribution in [0, 0.1) is 0 Å². The normalized spacial score (nSPS) is 15.6. The highest BCUT2D eigenvalue weighted by Gasteiger charge is 2.34. The Labute approximate surface area is 164 Å².